The number of piperidine rings is 1. The molecule has 4 rings (SSSR count). The molecule has 5 nitrogen and oxygen atoms in total. The minimum absolute atomic E-state index is 0.0925. The summed E-state index contributed by atoms with van der Waals surface area (Å²) < 4.78 is 6.58. The first kappa shape index (κ1) is 17.3. The predicted molar refractivity (Wildman–Crippen MR) is 104 cm³/mol. The van der Waals surface area contributed by atoms with Crippen LogP contribution in [0.5, 0.6) is 5.75 Å². The molecule has 1 spiro atoms. The van der Waals surface area contributed by atoms with E-state index in [1.54, 1.807) is 0 Å². The van der Waals surface area contributed by atoms with Crippen LogP contribution in [0.3, 0.4) is 0 Å². The van der Waals surface area contributed by atoms with Gasteiger partial charge in [-0.05, 0) is 25.5 Å². The van der Waals surface area contributed by atoms with Crippen LogP contribution in [0.25, 0.3) is 0 Å². The highest BCUT2D eigenvalue weighted by Gasteiger charge is 2.43. The van der Waals surface area contributed by atoms with Gasteiger partial charge in [0.05, 0.1) is 0 Å². The van der Waals surface area contributed by atoms with Crippen LogP contribution in [0.1, 0.15) is 51.1 Å². The van der Waals surface area contributed by atoms with E-state index in [0.717, 1.165) is 50.5 Å². The van der Waals surface area contributed by atoms with Crippen LogP contribution >= 0.6 is 0 Å². The van der Waals surface area contributed by atoms with E-state index in [0.29, 0.717) is 12.1 Å². The number of hydrogen-bond acceptors (Lipinski definition) is 5. The van der Waals surface area contributed by atoms with Crippen molar-refractivity contribution in [2.24, 2.45) is 0 Å². The molecule has 138 valence electrons. The Morgan fingerprint density at radius 2 is 1.92 bits per heavy atom. The fourth-order valence-electron chi connectivity index (χ4n) is 4.10. The number of nitrogens with one attached hydrogen (secondary N) is 1. The molecule has 0 bridgehead atoms. The monoisotopic (exact) mass is 352 g/mol. The van der Waals surface area contributed by atoms with E-state index in [4.69, 9.17) is 4.74 Å². The average Bonchev–Trinajstić information content (AvgIpc) is 2.69. The summed E-state index contributed by atoms with van der Waals surface area (Å²) in [5, 5.41) is 3.82. The maximum atomic E-state index is 6.58. The Balaban J connectivity index is 1.53. The van der Waals surface area contributed by atoms with Gasteiger partial charge in [-0.2, -0.15) is 0 Å². The molecule has 1 saturated heterocycles. The zero-order chi connectivity index (χ0) is 18.0. The fraction of sp³-hybridized carbons (Fsp3) is 0.524. The number of anilines is 1. The van der Waals surface area contributed by atoms with Crippen molar-refractivity contribution < 1.29 is 4.74 Å². The van der Waals surface area contributed by atoms with Crippen molar-refractivity contribution in [1.29, 1.82) is 0 Å². The van der Waals surface area contributed by atoms with E-state index in [1.165, 1.54) is 5.56 Å². The van der Waals surface area contributed by atoms with Gasteiger partial charge in [-0.25, -0.2) is 9.97 Å². The van der Waals surface area contributed by atoms with Gasteiger partial charge in [0.1, 0.15) is 11.4 Å². The topological polar surface area (TPSA) is 50.3 Å². The van der Waals surface area contributed by atoms with E-state index in [-0.39, 0.29) is 5.60 Å². The molecule has 1 fully saturated rings. The number of benzene rings is 1. The molecule has 1 N–H and O–H groups in total. The molecule has 2 atom stereocenters. The lowest BCUT2D eigenvalue weighted by molar-refractivity contribution is 0.00674. The summed E-state index contributed by atoms with van der Waals surface area (Å²) in [4.78, 5) is 11.1. The second-order valence-electron chi connectivity index (χ2n) is 7.59. The summed E-state index contributed by atoms with van der Waals surface area (Å²) in [5.74, 6) is 1.87. The third-order valence-electron chi connectivity index (χ3n) is 5.80. The molecule has 0 aliphatic carbocycles. The maximum Gasteiger partial charge on any atom is 0.225 e. The van der Waals surface area contributed by atoms with Crippen LogP contribution in [0.4, 0.5) is 5.95 Å². The van der Waals surface area contributed by atoms with Crippen molar-refractivity contribution in [2.75, 3.05) is 18.0 Å². The van der Waals surface area contributed by atoms with Gasteiger partial charge in [-0.1, -0.05) is 25.1 Å². The van der Waals surface area contributed by atoms with Crippen molar-refractivity contribution in [3.63, 3.8) is 0 Å². The molecule has 3 heterocycles. The second kappa shape index (κ2) is 7.23. The predicted octanol–water partition coefficient (Wildman–Crippen LogP) is 3.73. The highest BCUT2D eigenvalue weighted by atomic mass is 16.5. The number of hydrogen-bond donors (Lipinski definition) is 1. The standard InChI is InChI=1S/C21H28N4O/c1-3-16(2)24-18-15-21(26-19-8-5-4-7-17(18)19)9-13-25(14-10-21)20-22-11-6-12-23-20/h4-8,11-12,16,18,24H,3,9-10,13-15H2,1-2H3. The molecular formula is C21H28N4O. The van der Waals surface area contributed by atoms with Crippen molar-refractivity contribution in [2.45, 2.75) is 57.2 Å². The normalized spacial score (nSPS) is 22.5. The van der Waals surface area contributed by atoms with Gasteiger partial charge < -0.3 is 15.0 Å². The van der Waals surface area contributed by atoms with Crippen LogP contribution in [0.2, 0.25) is 0 Å². The number of fused-ring (bicyclic) bond motifs is 1. The maximum absolute atomic E-state index is 6.58. The second-order valence-corrected chi connectivity index (χ2v) is 7.59. The van der Waals surface area contributed by atoms with Crippen molar-refractivity contribution >= 4 is 5.95 Å². The molecule has 0 amide bonds. The highest BCUT2D eigenvalue weighted by molar-refractivity contribution is 5.40. The van der Waals surface area contributed by atoms with Crippen molar-refractivity contribution in [3.8, 4) is 5.75 Å². The molecule has 1 aromatic carbocycles. The first-order valence-electron chi connectivity index (χ1n) is 9.75. The number of nitrogens with zero attached hydrogens (tertiary/aromatic N) is 3. The van der Waals surface area contributed by atoms with Crippen LogP contribution in [-0.2, 0) is 0 Å². The average molecular weight is 352 g/mol. The number of aromatic nitrogens is 2. The number of rotatable bonds is 4. The Hall–Kier alpha value is -2.14. The summed E-state index contributed by atoms with van der Waals surface area (Å²) >= 11 is 0. The fourth-order valence-corrected chi connectivity index (χ4v) is 4.10. The third-order valence-corrected chi connectivity index (χ3v) is 5.80. The van der Waals surface area contributed by atoms with E-state index in [9.17, 15) is 0 Å². The molecule has 2 aromatic rings. The molecule has 2 unspecified atom stereocenters. The zero-order valence-corrected chi connectivity index (χ0v) is 15.7. The van der Waals surface area contributed by atoms with Gasteiger partial charge in [0.15, 0.2) is 0 Å². The smallest absolute Gasteiger partial charge is 0.225 e. The molecule has 0 saturated carbocycles. The molecule has 1 aromatic heterocycles. The van der Waals surface area contributed by atoms with Gasteiger partial charge in [-0.15, -0.1) is 0 Å². The Labute approximate surface area is 155 Å². The summed E-state index contributed by atoms with van der Waals surface area (Å²) in [5.41, 5.74) is 1.21. The quantitative estimate of drug-likeness (QED) is 0.909. The molecule has 2 aliphatic heterocycles. The summed E-state index contributed by atoms with van der Waals surface area (Å²) in [6, 6.07) is 11.2. The first-order chi connectivity index (χ1) is 12.7. The van der Waals surface area contributed by atoms with Gasteiger partial charge in [-0.3, -0.25) is 0 Å². The highest BCUT2D eigenvalue weighted by Crippen LogP contribution is 2.44. The first-order valence-corrected chi connectivity index (χ1v) is 9.75. The van der Waals surface area contributed by atoms with Crippen LogP contribution in [-0.4, -0.2) is 34.7 Å². The Kier molecular flexibility index (Phi) is 4.81. The lowest BCUT2D eigenvalue weighted by Gasteiger charge is -2.47. The third kappa shape index (κ3) is 3.40. The molecular weight excluding hydrogens is 324 g/mol. The van der Waals surface area contributed by atoms with E-state index in [2.05, 4.69) is 58.3 Å². The lowest BCUT2D eigenvalue weighted by atomic mass is 9.80. The van der Waals surface area contributed by atoms with E-state index < -0.39 is 0 Å². The molecule has 0 radical (unpaired) electrons. The van der Waals surface area contributed by atoms with Gasteiger partial charge in [0.25, 0.3) is 0 Å². The van der Waals surface area contributed by atoms with E-state index in [1.807, 2.05) is 18.5 Å². The zero-order valence-electron chi connectivity index (χ0n) is 15.7. The Morgan fingerprint density at radius 1 is 1.19 bits per heavy atom. The lowest BCUT2D eigenvalue weighted by Crippen LogP contribution is -2.52. The molecule has 5 heteroatoms. The van der Waals surface area contributed by atoms with Crippen LogP contribution < -0.4 is 15.0 Å². The largest absolute Gasteiger partial charge is 0.487 e. The number of ether oxygens (including phenoxy) is 1. The minimum Gasteiger partial charge on any atom is -0.487 e. The van der Waals surface area contributed by atoms with Crippen molar-refractivity contribution in [1.82, 2.24) is 15.3 Å². The number of para-hydroxylation sites is 1. The SMILES string of the molecule is CCC(C)NC1CC2(CCN(c3ncccn3)CC2)Oc2ccccc21. The summed E-state index contributed by atoms with van der Waals surface area (Å²) in [6.07, 6.45) is 7.78. The van der Waals surface area contributed by atoms with Gasteiger partial charge in [0.2, 0.25) is 5.95 Å². The summed E-state index contributed by atoms with van der Waals surface area (Å²) in [7, 11) is 0. The summed E-state index contributed by atoms with van der Waals surface area (Å²) in [6.45, 7) is 6.36. The Bertz CT molecular complexity index is 728. The van der Waals surface area contributed by atoms with Crippen molar-refractivity contribution in [3.05, 3.63) is 48.3 Å². The van der Waals surface area contributed by atoms with Crippen LogP contribution in [0, 0.1) is 0 Å². The van der Waals surface area contributed by atoms with E-state index >= 15 is 0 Å². The molecule has 2 aliphatic rings. The van der Waals surface area contributed by atoms with Gasteiger partial charge in [0, 0.05) is 62.4 Å². The Morgan fingerprint density at radius 3 is 2.65 bits per heavy atom. The van der Waals surface area contributed by atoms with Crippen LogP contribution in [0.15, 0.2) is 42.7 Å². The minimum atomic E-state index is -0.0925. The van der Waals surface area contributed by atoms with Gasteiger partial charge >= 0.3 is 0 Å². The molecule has 26 heavy (non-hydrogen) atoms.